The molecule has 132 valence electrons. The van der Waals surface area contributed by atoms with Crippen LogP contribution in [-0.2, 0) is 16.1 Å². The molecule has 0 bridgehead atoms. The van der Waals surface area contributed by atoms with Gasteiger partial charge < -0.3 is 10.1 Å². The number of esters is 1. The summed E-state index contributed by atoms with van der Waals surface area (Å²) in [6.07, 6.45) is 9.74. The third kappa shape index (κ3) is 3.04. The smallest absolute Gasteiger partial charge is 0.311 e. The van der Waals surface area contributed by atoms with Crippen molar-refractivity contribution in [3.63, 3.8) is 0 Å². The number of nitrogens with one attached hydrogen (secondary N) is 1. The number of allylic oxidation sites excluding steroid dienone is 3. The van der Waals surface area contributed by atoms with Gasteiger partial charge in [-0.15, -0.1) is 0 Å². The highest BCUT2D eigenvalue weighted by Gasteiger charge is 2.50. The monoisotopic (exact) mass is 338 g/mol. The summed E-state index contributed by atoms with van der Waals surface area (Å²) in [5.41, 5.74) is 3.97. The van der Waals surface area contributed by atoms with Crippen LogP contribution in [0.2, 0.25) is 0 Å². The molecule has 1 fully saturated rings. The molecule has 1 N–H and O–H groups in total. The highest BCUT2D eigenvalue weighted by Crippen LogP contribution is 2.52. The maximum absolute atomic E-state index is 12.5. The molecule has 2 heterocycles. The molecule has 3 aliphatic rings. The summed E-state index contributed by atoms with van der Waals surface area (Å²) in [4.78, 5) is 16.8. The van der Waals surface area contributed by atoms with Gasteiger partial charge >= 0.3 is 5.97 Å². The average molecular weight is 338 g/mol. The predicted octanol–water partition coefficient (Wildman–Crippen LogP) is 3.41. The van der Waals surface area contributed by atoms with Crippen molar-refractivity contribution in [2.45, 2.75) is 45.8 Å². The Morgan fingerprint density at radius 2 is 2.28 bits per heavy atom. The topological polar surface area (TPSA) is 51.2 Å². The molecule has 1 saturated heterocycles. The van der Waals surface area contributed by atoms with Crippen molar-refractivity contribution in [2.75, 3.05) is 6.54 Å². The molecular formula is C21H26N2O2. The average Bonchev–Trinajstić information content (AvgIpc) is 2.88. The Hall–Kier alpha value is -1.94. The minimum Gasteiger partial charge on any atom is -0.461 e. The van der Waals surface area contributed by atoms with Crippen molar-refractivity contribution >= 4 is 5.97 Å². The van der Waals surface area contributed by atoms with Gasteiger partial charge in [0.2, 0.25) is 0 Å². The number of pyridine rings is 1. The fourth-order valence-corrected chi connectivity index (χ4v) is 4.72. The summed E-state index contributed by atoms with van der Waals surface area (Å²) in [5, 5.41) is 3.39. The molecule has 4 rings (SSSR count). The van der Waals surface area contributed by atoms with Crippen molar-refractivity contribution in [3.8, 4) is 0 Å². The number of carbonyl (C=O) groups excluding carboxylic acids is 1. The van der Waals surface area contributed by atoms with E-state index in [9.17, 15) is 4.79 Å². The SMILES string of the molecule is CC1=CCCC2(C)CC3OC(=O)C(CNCc4ccccn4)C3C=C12. The van der Waals surface area contributed by atoms with Gasteiger partial charge in [0.25, 0.3) is 0 Å². The number of nitrogens with zero attached hydrogens (tertiary/aromatic N) is 1. The number of carbonyl (C=O) groups is 1. The first-order chi connectivity index (χ1) is 12.1. The second-order valence-electron chi connectivity index (χ2n) is 7.88. The maximum Gasteiger partial charge on any atom is 0.311 e. The van der Waals surface area contributed by atoms with Crippen LogP contribution >= 0.6 is 0 Å². The largest absolute Gasteiger partial charge is 0.461 e. The maximum atomic E-state index is 12.5. The molecule has 2 aliphatic carbocycles. The minimum atomic E-state index is -0.0968. The van der Waals surface area contributed by atoms with Crippen LogP contribution in [0.3, 0.4) is 0 Å². The molecule has 1 aromatic heterocycles. The second kappa shape index (κ2) is 6.41. The van der Waals surface area contributed by atoms with Crippen molar-refractivity contribution in [1.82, 2.24) is 10.3 Å². The van der Waals surface area contributed by atoms with Crippen LogP contribution < -0.4 is 5.32 Å². The third-order valence-electron chi connectivity index (χ3n) is 6.09. The van der Waals surface area contributed by atoms with Gasteiger partial charge in [0.15, 0.2) is 0 Å². The van der Waals surface area contributed by atoms with Gasteiger partial charge in [-0.1, -0.05) is 30.7 Å². The van der Waals surface area contributed by atoms with Crippen molar-refractivity contribution in [2.24, 2.45) is 17.3 Å². The highest BCUT2D eigenvalue weighted by molar-refractivity contribution is 5.76. The lowest BCUT2D eigenvalue weighted by molar-refractivity contribution is -0.145. The van der Waals surface area contributed by atoms with Crippen molar-refractivity contribution < 1.29 is 9.53 Å². The molecule has 0 amide bonds. The van der Waals surface area contributed by atoms with Gasteiger partial charge in [-0.25, -0.2) is 0 Å². The number of aromatic nitrogens is 1. The fraction of sp³-hybridized carbons (Fsp3) is 0.524. The van der Waals surface area contributed by atoms with E-state index in [0.29, 0.717) is 13.1 Å². The Balaban J connectivity index is 1.49. The number of rotatable bonds is 4. The lowest BCUT2D eigenvalue weighted by atomic mass is 9.62. The van der Waals surface area contributed by atoms with E-state index in [1.54, 1.807) is 6.20 Å². The standard InChI is InChI=1S/C21H26N2O2/c1-14-6-5-8-21(2)11-19-16(10-18(14)21)17(20(24)25-19)13-22-12-15-7-3-4-9-23-15/h3-4,6-7,9-10,16-17,19,22H,5,8,11-13H2,1-2H3. The summed E-state index contributed by atoms with van der Waals surface area (Å²) >= 11 is 0. The zero-order valence-corrected chi connectivity index (χ0v) is 15.0. The quantitative estimate of drug-likeness (QED) is 0.855. The molecule has 25 heavy (non-hydrogen) atoms. The molecule has 4 atom stereocenters. The predicted molar refractivity (Wildman–Crippen MR) is 96.6 cm³/mol. The first kappa shape index (κ1) is 16.5. The Morgan fingerprint density at radius 1 is 1.40 bits per heavy atom. The Morgan fingerprint density at radius 3 is 3.08 bits per heavy atom. The molecule has 1 aromatic rings. The number of hydrogen-bond acceptors (Lipinski definition) is 4. The van der Waals surface area contributed by atoms with E-state index < -0.39 is 0 Å². The first-order valence-corrected chi connectivity index (χ1v) is 9.27. The Bertz CT molecular complexity index is 725. The fourth-order valence-electron chi connectivity index (χ4n) is 4.72. The van der Waals surface area contributed by atoms with E-state index in [0.717, 1.165) is 25.0 Å². The molecule has 4 unspecified atom stereocenters. The third-order valence-corrected chi connectivity index (χ3v) is 6.09. The van der Waals surface area contributed by atoms with Gasteiger partial charge in [0.05, 0.1) is 11.6 Å². The van der Waals surface area contributed by atoms with E-state index in [2.05, 4.69) is 36.3 Å². The van der Waals surface area contributed by atoms with Gasteiger partial charge in [0, 0.05) is 25.2 Å². The van der Waals surface area contributed by atoms with Crippen LogP contribution in [0.4, 0.5) is 0 Å². The summed E-state index contributed by atoms with van der Waals surface area (Å²) in [7, 11) is 0. The van der Waals surface area contributed by atoms with Crippen LogP contribution in [0.1, 0.15) is 38.8 Å². The molecule has 0 saturated carbocycles. The zero-order chi connectivity index (χ0) is 17.4. The van der Waals surface area contributed by atoms with E-state index >= 15 is 0 Å². The van der Waals surface area contributed by atoms with E-state index in [4.69, 9.17) is 4.74 Å². The molecule has 4 nitrogen and oxygen atoms in total. The van der Waals surface area contributed by atoms with Crippen LogP contribution in [0.15, 0.2) is 47.7 Å². The summed E-state index contributed by atoms with van der Waals surface area (Å²) in [6, 6.07) is 5.88. The Kier molecular flexibility index (Phi) is 4.24. The summed E-state index contributed by atoms with van der Waals surface area (Å²) in [5.74, 6) is 0.0398. The van der Waals surface area contributed by atoms with Gasteiger partial charge in [0.1, 0.15) is 6.10 Å². The number of fused-ring (bicyclic) bond motifs is 2. The molecule has 0 spiro atoms. The van der Waals surface area contributed by atoms with Crippen LogP contribution in [0.5, 0.6) is 0 Å². The van der Waals surface area contributed by atoms with Crippen molar-refractivity contribution in [1.29, 1.82) is 0 Å². The summed E-state index contributed by atoms with van der Waals surface area (Å²) in [6.45, 7) is 5.84. The van der Waals surface area contributed by atoms with E-state index in [1.165, 1.54) is 11.1 Å². The van der Waals surface area contributed by atoms with E-state index in [1.807, 2.05) is 18.2 Å². The van der Waals surface area contributed by atoms with Crippen LogP contribution in [-0.4, -0.2) is 23.6 Å². The van der Waals surface area contributed by atoms with Crippen LogP contribution in [0, 0.1) is 17.3 Å². The lowest BCUT2D eigenvalue weighted by Gasteiger charge is -2.42. The number of hydrogen-bond donors (Lipinski definition) is 1. The molecule has 0 aromatic carbocycles. The molecule has 1 aliphatic heterocycles. The molecular weight excluding hydrogens is 312 g/mol. The van der Waals surface area contributed by atoms with Gasteiger partial charge in [-0.05, 0) is 49.3 Å². The lowest BCUT2D eigenvalue weighted by Crippen LogP contribution is -2.38. The number of ether oxygens (including phenoxy) is 1. The minimum absolute atomic E-state index is 0.0359. The van der Waals surface area contributed by atoms with Gasteiger partial charge in [-0.3, -0.25) is 9.78 Å². The Labute approximate surface area is 149 Å². The van der Waals surface area contributed by atoms with Gasteiger partial charge in [-0.2, -0.15) is 0 Å². The second-order valence-corrected chi connectivity index (χ2v) is 7.88. The normalized spacial score (nSPS) is 33.8. The highest BCUT2D eigenvalue weighted by atomic mass is 16.6. The zero-order valence-electron chi connectivity index (χ0n) is 15.0. The molecule has 0 radical (unpaired) electrons. The first-order valence-electron chi connectivity index (χ1n) is 9.27. The summed E-state index contributed by atoms with van der Waals surface area (Å²) < 4.78 is 5.77. The molecule has 4 heteroatoms. The van der Waals surface area contributed by atoms with Crippen molar-refractivity contribution in [3.05, 3.63) is 53.4 Å². The van der Waals surface area contributed by atoms with Crippen LogP contribution in [0.25, 0.3) is 0 Å². The van der Waals surface area contributed by atoms with E-state index in [-0.39, 0.29) is 29.3 Å².